The maximum atomic E-state index is 12.3. The summed E-state index contributed by atoms with van der Waals surface area (Å²) in [6.45, 7) is 9.69. The third-order valence-electron chi connectivity index (χ3n) is 6.26. The van der Waals surface area contributed by atoms with Crippen LogP contribution in [0.4, 0.5) is 0 Å². The molecule has 2 aromatic rings. The van der Waals surface area contributed by atoms with Gasteiger partial charge < -0.3 is 29.2 Å². The van der Waals surface area contributed by atoms with Crippen molar-refractivity contribution in [1.82, 2.24) is 0 Å². The Morgan fingerprint density at radius 2 is 1.44 bits per heavy atom. The van der Waals surface area contributed by atoms with Gasteiger partial charge in [0, 0.05) is 0 Å². The maximum absolute atomic E-state index is 12.3. The van der Waals surface area contributed by atoms with Crippen molar-refractivity contribution in [3.8, 4) is 0 Å². The summed E-state index contributed by atoms with van der Waals surface area (Å²) in [7, 11) is -2.93. The third kappa shape index (κ3) is 5.27. The highest BCUT2D eigenvalue weighted by molar-refractivity contribution is 6.99. The zero-order valence-electron chi connectivity index (χ0n) is 20.4. The molecule has 8 heteroatoms. The summed E-state index contributed by atoms with van der Waals surface area (Å²) in [6.07, 6.45) is -6.91. The molecule has 1 saturated heterocycles. The number of carbonyl (C=O) groups is 1. The van der Waals surface area contributed by atoms with Gasteiger partial charge in [0.2, 0.25) is 0 Å². The summed E-state index contributed by atoms with van der Waals surface area (Å²) in [5, 5.41) is 32.8. The van der Waals surface area contributed by atoms with Crippen LogP contribution in [0.1, 0.15) is 34.6 Å². The minimum absolute atomic E-state index is 0.0514. The van der Waals surface area contributed by atoms with Gasteiger partial charge in [0.15, 0.2) is 12.4 Å². The molecule has 5 atom stereocenters. The first-order chi connectivity index (χ1) is 16.0. The molecule has 0 radical (unpaired) electrons. The standard InChI is InChI=1S/C26H36O7Si/c1-17(2)24(29)33-23-20(32-25(30)22(28)21(23)27)16-31-34(26(3,4)5,18-12-8-6-9-13-18)19-14-10-7-11-15-19/h6-15,17,20-23,25,27-28,30H,16H2,1-5H3/t20-,21-,22-,23-,25-/m1/s1. The van der Waals surface area contributed by atoms with E-state index < -0.39 is 50.9 Å². The van der Waals surface area contributed by atoms with Gasteiger partial charge in [-0.2, -0.15) is 0 Å². The van der Waals surface area contributed by atoms with Gasteiger partial charge in [-0.25, -0.2) is 0 Å². The molecule has 0 saturated carbocycles. The largest absolute Gasteiger partial charge is 0.456 e. The molecule has 0 spiro atoms. The van der Waals surface area contributed by atoms with Crippen LogP contribution in [0.25, 0.3) is 0 Å². The molecule has 0 unspecified atom stereocenters. The van der Waals surface area contributed by atoms with E-state index in [9.17, 15) is 20.1 Å². The van der Waals surface area contributed by atoms with E-state index in [1.165, 1.54) is 0 Å². The predicted octanol–water partition coefficient (Wildman–Crippen LogP) is 1.57. The van der Waals surface area contributed by atoms with E-state index in [1.807, 2.05) is 36.4 Å². The van der Waals surface area contributed by atoms with Crippen LogP contribution in [0.3, 0.4) is 0 Å². The molecular formula is C26H36O7Si. The molecule has 0 amide bonds. The molecule has 2 aromatic carbocycles. The molecule has 0 aromatic heterocycles. The Kier molecular flexibility index (Phi) is 8.33. The highest BCUT2D eigenvalue weighted by Crippen LogP contribution is 2.37. The molecule has 1 fully saturated rings. The van der Waals surface area contributed by atoms with Crippen molar-refractivity contribution >= 4 is 24.7 Å². The number of aliphatic hydroxyl groups is 3. The zero-order valence-corrected chi connectivity index (χ0v) is 21.4. The molecular weight excluding hydrogens is 452 g/mol. The van der Waals surface area contributed by atoms with Crippen molar-refractivity contribution in [2.24, 2.45) is 5.92 Å². The van der Waals surface area contributed by atoms with Crippen LogP contribution in [-0.4, -0.2) is 66.9 Å². The summed E-state index contributed by atoms with van der Waals surface area (Å²) in [4.78, 5) is 12.3. The van der Waals surface area contributed by atoms with Crippen LogP contribution >= 0.6 is 0 Å². The number of carbonyl (C=O) groups excluding carboxylic acids is 1. The Bertz CT molecular complexity index is 890. The second-order valence-corrected chi connectivity index (χ2v) is 14.4. The molecule has 0 aliphatic carbocycles. The van der Waals surface area contributed by atoms with E-state index in [4.69, 9.17) is 13.9 Å². The number of rotatable bonds is 7. The van der Waals surface area contributed by atoms with Gasteiger partial charge in [-0.1, -0.05) is 95.3 Å². The smallest absolute Gasteiger partial charge is 0.308 e. The predicted molar refractivity (Wildman–Crippen MR) is 131 cm³/mol. The summed E-state index contributed by atoms with van der Waals surface area (Å²) in [5.41, 5.74) is 0. The average molecular weight is 489 g/mol. The van der Waals surface area contributed by atoms with Gasteiger partial charge in [-0.05, 0) is 15.4 Å². The van der Waals surface area contributed by atoms with Gasteiger partial charge >= 0.3 is 5.97 Å². The Hall–Kier alpha value is -2.07. The quantitative estimate of drug-likeness (QED) is 0.401. The number of aliphatic hydroxyl groups excluding tert-OH is 3. The number of hydrogen-bond acceptors (Lipinski definition) is 7. The van der Waals surface area contributed by atoms with E-state index in [2.05, 4.69) is 45.0 Å². The van der Waals surface area contributed by atoms with Crippen molar-refractivity contribution in [2.75, 3.05) is 6.61 Å². The lowest BCUT2D eigenvalue weighted by Crippen LogP contribution is -2.68. The van der Waals surface area contributed by atoms with Crippen molar-refractivity contribution in [1.29, 1.82) is 0 Å². The summed E-state index contributed by atoms with van der Waals surface area (Å²) in [5.74, 6) is -0.971. The highest BCUT2D eigenvalue weighted by atomic mass is 28.4. The summed E-state index contributed by atoms with van der Waals surface area (Å²) in [6, 6.07) is 20.0. The van der Waals surface area contributed by atoms with Gasteiger partial charge in [-0.3, -0.25) is 4.79 Å². The maximum Gasteiger partial charge on any atom is 0.308 e. The topological polar surface area (TPSA) is 105 Å². The van der Waals surface area contributed by atoms with Crippen molar-refractivity contribution in [2.45, 2.75) is 70.4 Å². The lowest BCUT2D eigenvalue weighted by atomic mass is 9.99. The molecule has 3 rings (SSSR count). The molecule has 1 aliphatic rings. The van der Waals surface area contributed by atoms with E-state index in [0.29, 0.717) is 0 Å². The Morgan fingerprint density at radius 3 is 1.88 bits per heavy atom. The Labute approximate surface area is 202 Å². The number of benzene rings is 2. The monoisotopic (exact) mass is 488 g/mol. The first-order valence-electron chi connectivity index (χ1n) is 11.6. The van der Waals surface area contributed by atoms with Gasteiger partial charge in [0.05, 0.1) is 12.5 Å². The first kappa shape index (κ1) is 26.5. The number of hydrogen-bond donors (Lipinski definition) is 3. The van der Waals surface area contributed by atoms with Gasteiger partial charge in [0.1, 0.15) is 18.3 Å². The fourth-order valence-electron chi connectivity index (χ4n) is 4.44. The van der Waals surface area contributed by atoms with Crippen LogP contribution in [0.15, 0.2) is 60.7 Å². The molecule has 1 heterocycles. The Morgan fingerprint density at radius 1 is 0.941 bits per heavy atom. The van der Waals surface area contributed by atoms with Crippen LogP contribution in [0.2, 0.25) is 5.04 Å². The van der Waals surface area contributed by atoms with Crippen LogP contribution in [0.5, 0.6) is 0 Å². The second-order valence-electron chi connectivity index (χ2n) is 10.1. The lowest BCUT2D eigenvalue weighted by Gasteiger charge is -2.46. The van der Waals surface area contributed by atoms with Crippen molar-refractivity contribution in [3.63, 3.8) is 0 Å². The van der Waals surface area contributed by atoms with Crippen molar-refractivity contribution in [3.05, 3.63) is 60.7 Å². The Balaban J connectivity index is 2.01. The van der Waals surface area contributed by atoms with Gasteiger partial charge in [0.25, 0.3) is 8.32 Å². The van der Waals surface area contributed by atoms with Crippen molar-refractivity contribution < 1.29 is 34.0 Å². The summed E-state index contributed by atoms with van der Waals surface area (Å²) >= 11 is 0. The fourth-order valence-corrected chi connectivity index (χ4v) is 9.01. The molecule has 186 valence electrons. The molecule has 1 aliphatic heterocycles. The first-order valence-corrected chi connectivity index (χ1v) is 13.5. The van der Waals surface area contributed by atoms with E-state index in [-0.39, 0.29) is 11.6 Å². The summed E-state index contributed by atoms with van der Waals surface area (Å²) < 4.78 is 17.9. The van der Waals surface area contributed by atoms with Crippen LogP contribution in [-0.2, 0) is 18.7 Å². The fraction of sp³-hybridized carbons (Fsp3) is 0.500. The van der Waals surface area contributed by atoms with Crippen LogP contribution < -0.4 is 10.4 Å². The van der Waals surface area contributed by atoms with E-state index >= 15 is 0 Å². The third-order valence-corrected chi connectivity index (χ3v) is 11.3. The SMILES string of the molecule is CC(C)C(=O)O[C@H]1[C@H](O)[C@@H](O)[C@H](O)O[C@@H]1CO[Si](c1ccccc1)(c1ccccc1)C(C)(C)C. The number of ether oxygens (including phenoxy) is 2. The van der Waals surface area contributed by atoms with Crippen LogP contribution in [0, 0.1) is 5.92 Å². The highest BCUT2D eigenvalue weighted by Gasteiger charge is 2.52. The molecule has 3 N–H and O–H groups in total. The minimum Gasteiger partial charge on any atom is -0.456 e. The van der Waals surface area contributed by atoms with E-state index in [0.717, 1.165) is 10.4 Å². The number of esters is 1. The normalized spacial score (nSPS) is 25.9. The molecule has 0 bridgehead atoms. The second kappa shape index (κ2) is 10.7. The average Bonchev–Trinajstić information content (AvgIpc) is 2.80. The molecule has 7 nitrogen and oxygen atoms in total. The van der Waals surface area contributed by atoms with E-state index in [1.54, 1.807) is 13.8 Å². The zero-order chi connectivity index (χ0) is 25.1. The molecule has 34 heavy (non-hydrogen) atoms. The van der Waals surface area contributed by atoms with Gasteiger partial charge in [-0.15, -0.1) is 0 Å². The minimum atomic E-state index is -2.93. The lowest BCUT2D eigenvalue weighted by molar-refractivity contribution is -0.289.